The molecule has 1 aromatic heterocycles. The van der Waals surface area contributed by atoms with Gasteiger partial charge in [-0.25, -0.2) is 0 Å². The molecule has 1 heterocycles. The van der Waals surface area contributed by atoms with Gasteiger partial charge in [-0.05, 0) is 60.5 Å². The molecule has 9 heteroatoms. The first-order valence-electron chi connectivity index (χ1n) is 7.66. The van der Waals surface area contributed by atoms with E-state index < -0.39 is 6.61 Å². The van der Waals surface area contributed by atoms with Gasteiger partial charge in [0.1, 0.15) is 5.75 Å². The summed E-state index contributed by atoms with van der Waals surface area (Å²) in [4.78, 5) is 0. The zero-order valence-electron chi connectivity index (χ0n) is 13.9. The summed E-state index contributed by atoms with van der Waals surface area (Å²) in [5, 5.41) is 10.7. The fourth-order valence-electron chi connectivity index (χ4n) is 2.26. The van der Waals surface area contributed by atoms with Gasteiger partial charge < -0.3 is 15.4 Å². The molecule has 0 amide bonds. The second-order valence-electron chi connectivity index (χ2n) is 5.32. The molecule has 2 rings (SSSR count). The van der Waals surface area contributed by atoms with Gasteiger partial charge in [0.2, 0.25) is 0 Å². The third kappa shape index (κ3) is 5.64. The molecule has 0 saturated carbocycles. The van der Waals surface area contributed by atoms with Crippen molar-refractivity contribution in [1.29, 1.82) is 0 Å². The summed E-state index contributed by atoms with van der Waals surface area (Å²) in [6.45, 7) is 2.44. The van der Waals surface area contributed by atoms with Crippen molar-refractivity contribution in [2.24, 2.45) is 0 Å². The van der Waals surface area contributed by atoms with Gasteiger partial charge in [-0.1, -0.05) is 12.1 Å². The molecule has 0 aliphatic heterocycles. The Bertz CT molecular complexity index is 739. The number of alkyl halides is 2. The number of anilines is 1. The molecule has 1 aromatic carbocycles. The minimum atomic E-state index is -2.88. The number of aromatic nitrogens is 2. The summed E-state index contributed by atoms with van der Waals surface area (Å²) < 4.78 is 32.2. The van der Waals surface area contributed by atoms with Crippen LogP contribution in [0.1, 0.15) is 17.8 Å². The zero-order valence-corrected chi connectivity index (χ0v) is 16.3. The monoisotopic (exact) mass is 432 g/mol. The number of nitrogens with zero attached hydrogens (tertiary/aromatic N) is 2. The first-order chi connectivity index (χ1) is 11.9. The summed E-state index contributed by atoms with van der Waals surface area (Å²) in [5.41, 5.74) is 2.43. The van der Waals surface area contributed by atoms with Crippen molar-refractivity contribution in [2.45, 2.75) is 33.4 Å². The van der Waals surface area contributed by atoms with Gasteiger partial charge in [-0.15, -0.1) is 0 Å². The third-order valence-electron chi connectivity index (χ3n) is 3.48. The van der Waals surface area contributed by atoms with Crippen molar-refractivity contribution < 1.29 is 13.5 Å². The lowest BCUT2D eigenvalue weighted by molar-refractivity contribution is -0.0493. The SMILES string of the molecule is Cc1nn(CCCNC(=S)Nc2ccccc2OC(F)F)c(C)c1Br. The van der Waals surface area contributed by atoms with Gasteiger partial charge in [0.05, 0.1) is 15.9 Å². The Hall–Kier alpha value is -1.74. The molecule has 5 nitrogen and oxygen atoms in total. The van der Waals surface area contributed by atoms with E-state index in [0.29, 0.717) is 17.3 Å². The Morgan fingerprint density at radius 2 is 2.08 bits per heavy atom. The molecule has 2 N–H and O–H groups in total. The molecule has 0 atom stereocenters. The van der Waals surface area contributed by atoms with Crippen LogP contribution in [0.4, 0.5) is 14.5 Å². The number of thiocarbonyl (C=S) groups is 1. The topological polar surface area (TPSA) is 51.1 Å². The maximum Gasteiger partial charge on any atom is 0.387 e. The maximum absolute atomic E-state index is 12.4. The minimum absolute atomic E-state index is 0.0501. The summed E-state index contributed by atoms with van der Waals surface area (Å²) in [5.74, 6) is 0.0501. The van der Waals surface area contributed by atoms with Crippen LogP contribution in [-0.2, 0) is 6.54 Å². The Balaban J connectivity index is 1.80. The van der Waals surface area contributed by atoms with E-state index in [0.717, 1.165) is 28.8 Å². The fourth-order valence-corrected chi connectivity index (χ4v) is 2.75. The molecule has 0 radical (unpaired) electrons. The number of benzene rings is 1. The lowest BCUT2D eigenvalue weighted by Crippen LogP contribution is -2.30. The number of rotatable bonds is 7. The molecule has 25 heavy (non-hydrogen) atoms. The summed E-state index contributed by atoms with van der Waals surface area (Å²) in [6, 6.07) is 6.41. The normalized spacial score (nSPS) is 10.8. The Morgan fingerprint density at radius 3 is 2.72 bits per heavy atom. The van der Waals surface area contributed by atoms with Crippen LogP contribution in [0, 0.1) is 13.8 Å². The molecule has 0 aliphatic rings. The molecular formula is C16H19BrF2N4OS. The van der Waals surface area contributed by atoms with E-state index in [4.69, 9.17) is 12.2 Å². The van der Waals surface area contributed by atoms with Gasteiger partial charge >= 0.3 is 6.61 Å². The molecule has 0 bridgehead atoms. The number of ether oxygens (including phenoxy) is 1. The van der Waals surface area contributed by atoms with E-state index in [9.17, 15) is 8.78 Å². The Labute approximate surface area is 158 Å². The molecule has 136 valence electrons. The average Bonchev–Trinajstić information content (AvgIpc) is 2.80. The van der Waals surface area contributed by atoms with E-state index in [1.54, 1.807) is 18.2 Å². The van der Waals surface area contributed by atoms with Gasteiger partial charge in [-0.2, -0.15) is 13.9 Å². The second kappa shape index (κ2) is 9.10. The molecule has 0 spiro atoms. The van der Waals surface area contributed by atoms with E-state index in [2.05, 4.69) is 36.4 Å². The first-order valence-corrected chi connectivity index (χ1v) is 8.86. The van der Waals surface area contributed by atoms with Crippen LogP contribution in [0.5, 0.6) is 5.75 Å². The summed E-state index contributed by atoms with van der Waals surface area (Å²) >= 11 is 8.69. The maximum atomic E-state index is 12.4. The van der Waals surface area contributed by atoms with Crippen LogP contribution >= 0.6 is 28.1 Å². The van der Waals surface area contributed by atoms with Crippen LogP contribution in [0.2, 0.25) is 0 Å². The molecule has 0 aliphatic carbocycles. The van der Waals surface area contributed by atoms with Crippen molar-refractivity contribution in [3.63, 3.8) is 0 Å². The average molecular weight is 433 g/mol. The van der Waals surface area contributed by atoms with Crippen LogP contribution in [0.15, 0.2) is 28.7 Å². The standard InChI is InChI=1S/C16H19BrF2N4OS/c1-10-14(17)11(2)23(22-10)9-5-8-20-16(25)21-12-6-3-4-7-13(12)24-15(18)19/h3-4,6-7,15H,5,8-9H2,1-2H3,(H2,20,21,25). The van der Waals surface area contributed by atoms with Gasteiger partial charge in [0.15, 0.2) is 5.11 Å². The quantitative estimate of drug-likeness (QED) is 0.506. The highest BCUT2D eigenvalue weighted by Crippen LogP contribution is 2.25. The third-order valence-corrected chi connectivity index (χ3v) is 4.87. The summed E-state index contributed by atoms with van der Waals surface area (Å²) in [7, 11) is 0. The zero-order chi connectivity index (χ0) is 18.4. The Morgan fingerprint density at radius 1 is 1.36 bits per heavy atom. The highest BCUT2D eigenvalue weighted by Gasteiger charge is 2.10. The van der Waals surface area contributed by atoms with E-state index >= 15 is 0 Å². The number of aryl methyl sites for hydroxylation is 2. The number of hydrogen-bond donors (Lipinski definition) is 2. The molecule has 2 aromatic rings. The lowest BCUT2D eigenvalue weighted by Gasteiger charge is -2.14. The van der Waals surface area contributed by atoms with Gasteiger partial charge in [-0.3, -0.25) is 4.68 Å². The molecule has 0 saturated heterocycles. The van der Waals surface area contributed by atoms with Gasteiger partial charge in [0, 0.05) is 18.8 Å². The van der Waals surface area contributed by atoms with Crippen molar-refractivity contribution in [1.82, 2.24) is 15.1 Å². The largest absolute Gasteiger partial charge is 0.433 e. The molecule has 0 fully saturated rings. The smallest absolute Gasteiger partial charge is 0.387 e. The first kappa shape index (κ1) is 19.6. The summed E-state index contributed by atoms with van der Waals surface area (Å²) in [6.07, 6.45) is 0.811. The Kier molecular flexibility index (Phi) is 7.12. The highest BCUT2D eigenvalue weighted by atomic mass is 79.9. The molecular weight excluding hydrogens is 414 g/mol. The minimum Gasteiger partial charge on any atom is -0.433 e. The van der Waals surface area contributed by atoms with Crippen LogP contribution in [0.3, 0.4) is 0 Å². The highest BCUT2D eigenvalue weighted by molar-refractivity contribution is 9.10. The predicted molar refractivity (Wildman–Crippen MR) is 101 cm³/mol. The fraction of sp³-hybridized carbons (Fsp3) is 0.375. The van der Waals surface area contributed by atoms with E-state index in [-0.39, 0.29) is 5.75 Å². The van der Waals surface area contributed by atoms with Crippen molar-refractivity contribution in [3.8, 4) is 5.75 Å². The van der Waals surface area contributed by atoms with E-state index in [1.807, 2.05) is 18.5 Å². The van der Waals surface area contributed by atoms with Gasteiger partial charge in [0.25, 0.3) is 0 Å². The molecule has 0 unspecified atom stereocenters. The van der Waals surface area contributed by atoms with Crippen LogP contribution < -0.4 is 15.4 Å². The lowest BCUT2D eigenvalue weighted by atomic mass is 10.3. The van der Waals surface area contributed by atoms with Crippen LogP contribution in [-0.4, -0.2) is 28.0 Å². The number of halogens is 3. The number of para-hydroxylation sites is 2. The van der Waals surface area contributed by atoms with Crippen molar-refractivity contribution in [3.05, 3.63) is 40.1 Å². The van der Waals surface area contributed by atoms with Crippen molar-refractivity contribution >= 4 is 38.9 Å². The number of hydrogen-bond acceptors (Lipinski definition) is 3. The van der Waals surface area contributed by atoms with E-state index in [1.165, 1.54) is 6.07 Å². The second-order valence-corrected chi connectivity index (χ2v) is 6.52. The predicted octanol–water partition coefficient (Wildman–Crippen LogP) is 4.24. The van der Waals surface area contributed by atoms with Crippen molar-refractivity contribution in [2.75, 3.05) is 11.9 Å². The number of nitrogens with one attached hydrogen (secondary N) is 2. The van der Waals surface area contributed by atoms with Crippen LogP contribution in [0.25, 0.3) is 0 Å².